The third-order valence-electron chi connectivity index (χ3n) is 8.16. The van der Waals surface area contributed by atoms with E-state index in [1.165, 1.54) is 44.0 Å². The highest BCUT2D eigenvalue weighted by molar-refractivity contribution is 5.91. The first-order valence-corrected chi connectivity index (χ1v) is 13.5. The van der Waals surface area contributed by atoms with Crippen molar-refractivity contribution in [1.29, 1.82) is 0 Å². The molecular weight excluding hydrogens is 474 g/mol. The summed E-state index contributed by atoms with van der Waals surface area (Å²) in [4.78, 5) is 20.6. The van der Waals surface area contributed by atoms with Crippen molar-refractivity contribution in [3.05, 3.63) is 72.4 Å². The van der Waals surface area contributed by atoms with E-state index >= 15 is 0 Å². The molecule has 5 heterocycles. The van der Waals surface area contributed by atoms with Crippen LogP contribution in [0.15, 0.2) is 61.3 Å². The molecule has 7 rings (SSSR count). The van der Waals surface area contributed by atoms with Crippen molar-refractivity contribution < 1.29 is 4.74 Å². The predicted molar refractivity (Wildman–Crippen MR) is 150 cm³/mol. The van der Waals surface area contributed by atoms with Crippen molar-refractivity contribution in [3.63, 3.8) is 0 Å². The molecule has 1 aliphatic heterocycles. The molecule has 1 saturated heterocycles. The largest absolute Gasteiger partial charge is 0.489 e. The van der Waals surface area contributed by atoms with Gasteiger partial charge in [0.25, 0.3) is 0 Å². The number of pyridine rings is 2. The molecule has 8 nitrogen and oxygen atoms in total. The number of fused-ring (bicyclic) bond motifs is 2. The van der Waals surface area contributed by atoms with Crippen LogP contribution in [-0.2, 0) is 6.61 Å². The fourth-order valence-corrected chi connectivity index (χ4v) is 5.90. The Labute approximate surface area is 221 Å². The van der Waals surface area contributed by atoms with E-state index in [9.17, 15) is 0 Å². The minimum Gasteiger partial charge on any atom is -0.489 e. The Kier molecular flexibility index (Phi) is 5.60. The molecule has 1 saturated carbocycles. The van der Waals surface area contributed by atoms with Gasteiger partial charge in [0.15, 0.2) is 0 Å². The lowest BCUT2D eigenvalue weighted by Gasteiger charge is -2.39. The molecule has 2 fully saturated rings. The molecule has 2 N–H and O–H groups in total. The fourth-order valence-electron chi connectivity index (χ4n) is 5.90. The van der Waals surface area contributed by atoms with Gasteiger partial charge in [0, 0.05) is 42.0 Å². The molecule has 2 aliphatic rings. The van der Waals surface area contributed by atoms with Crippen molar-refractivity contribution in [3.8, 4) is 11.4 Å². The van der Waals surface area contributed by atoms with E-state index in [0.29, 0.717) is 24.4 Å². The molecular formula is C30H31N7O. The van der Waals surface area contributed by atoms with Crippen LogP contribution in [0.1, 0.15) is 56.1 Å². The van der Waals surface area contributed by atoms with Crippen LogP contribution in [0.2, 0.25) is 0 Å². The molecule has 1 aromatic carbocycles. The number of ether oxygens (including phenoxy) is 1. The minimum atomic E-state index is 0.404. The molecule has 0 bridgehead atoms. The highest BCUT2D eigenvalue weighted by Crippen LogP contribution is 2.40. The minimum absolute atomic E-state index is 0.404. The first kappa shape index (κ1) is 23.0. The van der Waals surface area contributed by atoms with Gasteiger partial charge in [-0.1, -0.05) is 12.8 Å². The van der Waals surface area contributed by atoms with Gasteiger partial charge in [-0.3, -0.25) is 9.55 Å². The number of anilines is 2. The lowest BCUT2D eigenvalue weighted by atomic mass is 9.98. The normalized spacial score (nSPS) is 17.8. The number of nitrogens with zero attached hydrogens (tertiary/aromatic N) is 6. The summed E-state index contributed by atoms with van der Waals surface area (Å²) in [5.74, 6) is 2.86. The van der Waals surface area contributed by atoms with Crippen molar-refractivity contribution in [2.45, 2.75) is 57.6 Å². The average molecular weight is 506 g/mol. The molecule has 8 heteroatoms. The van der Waals surface area contributed by atoms with Gasteiger partial charge >= 0.3 is 0 Å². The second kappa shape index (κ2) is 9.28. The Bertz CT molecular complexity index is 1640. The zero-order valence-corrected chi connectivity index (χ0v) is 21.5. The summed E-state index contributed by atoms with van der Waals surface area (Å²) in [6.45, 7) is 3.71. The lowest BCUT2D eigenvalue weighted by Crippen LogP contribution is -2.46. The van der Waals surface area contributed by atoms with Crippen LogP contribution in [0.4, 0.5) is 11.6 Å². The van der Waals surface area contributed by atoms with E-state index in [4.69, 9.17) is 15.5 Å². The van der Waals surface area contributed by atoms with E-state index in [2.05, 4.69) is 61.8 Å². The standard InChI is InChI=1S/C30H31N7O/c1-19-10-11-36(19)27-9-7-22-6-8-24(13-26(22)35-27)38-17-20-12-23(15-32-14-20)37-16-25(21-4-2-3-5-21)28-29(31)33-18-34-30(28)37/h6-9,12-16,18-19,21H,2-5,10-11,17H2,1H3,(H2,31,33,34)/t19-/m0/s1. The smallest absolute Gasteiger partial charge is 0.150 e. The highest BCUT2D eigenvalue weighted by Gasteiger charge is 2.25. The summed E-state index contributed by atoms with van der Waals surface area (Å²) in [5, 5.41) is 2.08. The lowest BCUT2D eigenvalue weighted by molar-refractivity contribution is 0.306. The Morgan fingerprint density at radius 1 is 1.03 bits per heavy atom. The summed E-state index contributed by atoms with van der Waals surface area (Å²) < 4.78 is 8.29. The maximum absolute atomic E-state index is 6.33. The Morgan fingerprint density at radius 2 is 1.89 bits per heavy atom. The second-order valence-electron chi connectivity index (χ2n) is 10.6. The van der Waals surface area contributed by atoms with Crippen LogP contribution >= 0.6 is 0 Å². The number of aromatic nitrogens is 5. The first-order valence-electron chi connectivity index (χ1n) is 13.5. The van der Waals surface area contributed by atoms with E-state index in [1.807, 2.05) is 24.5 Å². The molecule has 1 atom stereocenters. The third kappa shape index (κ3) is 4.00. The van der Waals surface area contributed by atoms with Crippen LogP contribution in [0.25, 0.3) is 27.6 Å². The van der Waals surface area contributed by atoms with Gasteiger partial charge in [0.2, 0.25) is 0 Å². The Balaban J connectivity index is 1.15. The number of hydrogen-bond acceptors (Lipinski definition) is 7. The summed E-state index contributed by atoms with van der Waals surface area (Å²) in [6.07, 6.45) is 13.5. The fraction of sp³-hybridized carbons (Fsp3) is 0.333. The average Bonchev–Trinajstić information content (AvgIpc) is 3.60. The van der Waals surface area contributed by atoms with E-state index in [1.54, 1.807) is 0 Å². The van der Waals surface area contributed by atoms with Gasteiger partial charge < -0.3 is 15.4 Å². The number of rotatable bonds is 6. The van der Waals surface area contributed by atoms with Gasteiger partial charge in [-0.05, 0) is 68.0 Å². The molecule has 192 valence electrons. The molecule has 0 amide bonds. The van der Waals surface area contributed by atoms with Gasteiger partial charge in [-0.15, -0.1) is 0 Å². The second-order valence-corrected chi connectivity index (χ2v) is 10.6. The Morgan fingerprint density at radius 3 is 2.71 bits per heavy atom. The van der Waals surface area contributed by atoms with Crippen LogP contribution in [0, 0.1) is 0 Å². The van der Waals surface area contributed by atoms with E-state index < -0.39 is 0 Å². The number of nitrogen functional groups attached to an aromatic ring is 1. The molecule has 38 heavy (non-hydrogen) atoms. The molecule has 5 aromatic rings. The van der Waals surface area contributed by atoms with Crippen LogP contribution < -0.4 is 15.4 Å². The van der Waals surface area contributed by atoms with Crippen LogP contribution in [0.3, 0.4) is 0 Å². The maximum Gasteiger partial charge on any atom is 0.150 e. The topological polar surface area (TPSA) is 95.0 Å². The van der Waals surface area contributed by atoms with Crippen LogP contribution in [0.5, 0.6) is 5.75 Å². The highest BCUT2D eigenvalue weighted by atomic mass is 16.5. The molecule has 0 unspecified atom stereocenters. The summed E-state index contributed by atoms with van der Waals surface area (Å²) in [7, 11) is 0. The van der Waals surface area contributed by atoms with E-state index in [-0.39, 0.29) is 0 Å². The number of benzene rings is 1. The van der Waals surface area contributed by atoms with Crippen molar-refractivity contribution in [2.75, 3.05) is 17.2 Å². The summed E-state index contributed by atoms with van der Waals surface area (Å²) in [5.41, 5.74) is 11.3. The molecule has 4 aromatic heterocycles. The van der Waals surface area contributed by atoms with Crippen molar-refractivity contribution in [1.82, 2.24) is 24.5 Å². The summed E-state index contributed by atoms with van der Waals surface area (Å²) in [6, 6.07) is 13.0. The molecule has 1 aliphatic carbocycles. The van der Waals surface area contributed by atoms with Crippen molar-refractivity contribution in [2.24, 2.45) is 0 Å². The van der Waals surface area contributed by atoms with Gasteiger partial charge in [-0.25, -0.2) is 15.0 Å². The van der Waals surface area contributed by atoms with Gasteiger partial charge in [0.1, 0.15) is 36.0 Å². The number of nitrogens with two attached hydrogens (primary N) is 1. The molecule has 0 spiro atoms. The quantitative estimate of drug-likeness (QED) is 0.312. The summed E-state index contributed by atoms with van der Waals surface area (Å²) >= 11 is 0. The van der Waals surface area contributed by atoms with Crippen molar-refractivity contribution >= 4 is 33.6 Å². The predicted octanol–water partition coefficient (Wildman–Crippen LogP) is 5.78. The Hall–Kier alpha value is -4.20. The number of hydrogen-bond donors (Lipinski definition) is 1. The van der Waals surface area contributed by atoms with E-state index in [0.717, 1.165) is 51.3 Å². The van der Waals surface area contributed by atoms with Gasteiger partial charge in [-0.2, -0.15) is 0 Å². The third-order valence-corrected chi connectivity index (χ3v) is 8.16. The zero-order chi connectivity index (χ0) is 25.6. The van der Waals surface area contributed by atoms with Gasteiger partial charge in [0.05, 0.1) is 22.8 Å². The monoisotopic (exact) mass is 505 g/mol. The van der Waals surface area contributed by atoms with Crippen LogP contribution in [-0.4, -0.2) is 37.1 Å². The zero-order valence-electron chi connectivity index (χ0n) is 21.5. The maximum atomic E-state index is 6.33. The SMILES string of the molecule is C[C@H]1CCN1c1ccc2ccc(OCc3cncc(-n4cc(C5CCCC5)c5c(N)ncnc54)c3)cc2n1. The first-order chi connectivity index (χ1) is 18.6. The molecule has 0 radical (unpaired) electrons.